The van der Waals surface area contributed by atoms with E-state index in [-0.39, 0.29) is 16.3 Å². The second-order valence-electron chi connectivity index (χ2n) is 6.17. The molecule has 1 N–H and O–H groups in total. The number of hydrogen-bond acceptors (Lipinski definition) is 7. The van der Waals surface area contributed by atoms with Crippen molar-refractivity contribution in [2.24, 2.45) is 0 Å². The van der Waals surface area contributed by atoms with E-state index in [9.17, 15) is 23.3 Å². The van der Waals surface area contributed by atoms with Gasteiger partial charge in [-0.25, -0.2) is 8.42 Å². The molecule has 0 unspecified atom stereocenters. The lowest BCUT2D eigenvalue weighted by atomic mass is 10.1. The second-order valence-corrected chi connectivity index (χ2v) is 7.94. The van der Waals surface area contributed by atoms with Crippen molar-refractivity contribution in [3.8, 4) is 0 Å². The third-order valence-electron chi connectivity index (χ3n) is 3.92. The van der Waals surface area contributed by atoms with Crippen LogP contribution in [0.5, 0.6) is 0 Å². The first-order chi connectivity index (χ1) is 13.1. The summed E-state index contributed by atoms with van der Waals surface area (Å²) in [5, 5.41) is 11.2. The number of nitrogens with zero attached hydrogens (tertiary/aromatic N) is 2. The molecule has 9 nitrogen and oxygen atoms in total. The zero-order valence-corrected chi connectivity index (χ0v) is 16.5. The van der Waals surface area contributed by atoms with Crippen LogP contribution in [0.1, 0.15) is 18.6 Å². The molecule has 0 saturated heterocycles. The number of benzene rings is 2. The van der Waals surface area contributed by atoms with E-state index in [2.05, 4.69) is 4.72 Å². The molecule has 0 aliphatic rings. The van der Waals surface area contributed by atoms with Crippen LogP contribution in [0.4, 0.5) is 11.4 Å². The largest absolute Gasteiger partial charge is 0.457 e. The minimum atomic E-state index is -4.13. The van der Waals surface area contributed by atoms with Crippen LogP contribution in [0, 0.1) is 10.1 Å². The van der Waals surface area contributed by atoms with Gasteiger partial charge in [0.2, 0.25) is 10.0 Å². The summed E-state index contributed by atoms with van der Waals surface area (Å²) in [5.74, 6) is -0.765. The summed E-state index contributed by atoms with van der Waals surface area (Å²) in [6.07, 6.45) is -0.543. The number of carbonyl (C=O) groups excluding carboxylic acids is 1. The molecule has 10 heteroatoms. The van der Waals surface area contributed by atoms with Gasteiger partial charge in [0.25, 0.3) is 5.69 Å². The van der Waals surface area contributed by atoms with Crippen molar-refractivity contribution < 1.29 is 22.9 Å². The van der Waals surface area contributed by atoms with Crippen LogP contribution >= 0.6 is 0 Å². The highest BCUT2D eigenvalue weighted by atomic mass is 32.2. The van der Waals surface area contributed by atoms with Crippen molar-refractivity contribution >= 4 is 27.4 Å². The highest BCUT2D eigenvalue weighted by Gasteiger charge is 2.23. The fourth-order valence-corrected chi connectivity index (χ4v) is 3.45. The van der Waals surface area contributed by atoms with Crippen LogP contribution in [0.2, 0.25) is 0 Å². The first kappa shape index (κ1) is 21.3. The molecule has 150 valence electrons. The zero-order valence-electron chi connectivity index (χ0n) is 15.7. The molecule has 0 radical (unpaired) electrons. The van der Waals surface area contributed by atoms with Crippen LogP contribution in [-0.4, -0.2) is 40.0 Å². The maximum Gasteiger partial charge on any atom is 0.321 e. The number of anilines is 1. The smallest absolute Gasteiger partial charge is 0.321 e. The van der Waals surface area contributed by atoms with Gasteiger partial charge in [0, 0.05) is 20.2 Å². The van der Waals surface area contributed by atoms with Gasteiger partial charge in [0.15, 0.2) is 0 Å². The number of carbonyl (C=O) groups is 1. The van der Waals surface area contributed by atoms with Crippen molar-refractivity contribution in [3.63, 3.8) is 0 Å². The number of hydrogen-bond donors (Lipinski definition) is 1. The van der Waals surface area contributed by atoms with Gasteiger partial charge >= 0.3 is 5.97 Å². The molecular weight excluding hydrogens is 386 g/mol. The van der Waals surface area contributed by atoms with Crippen LogP contribution in [-0.2, 0) is 19.6 Å². The van der Waals surface area contributed by atoms with E-state index in [0.717, 1.165) is 11.6 Å². The molecule has 28 heavy (non-hydrogen) atoms. The molecule has 2 aromatic rings. The van der Waals surface area contributed by atoms with Crippen molar-refractivity contribution in [2.75, 3.05) is 25.5 Å². The van der Waals surface area contributed by atoms with E-state index < -0.39 is 33.6 Å². The molecule has 0 heterocycles. The van der Waals surface area contributed by atoms with Gasteiger partial charge < -0.3 is 9.64 Å². The number of nitro benzene ring substituents is 1. The number of sulfonamides is 1. The van der Waals surface area contributed by atoms with Crippen molar-refractivity contribution in [2.45, 2.75) is 17.9 Å². The Labute approximate surface area is 163 Å². The predicted octanol–water partition coefficient (Wildman–Crippen LogP) is 2.24. The van der Waals surface area contributed by atoms with Crippen LogP contribution in [0.3, 0.4) is 0 Å². The maximum absolute atomic E-state index is 12.4. The summed E-state index contributed by atoms with van der Waals surface area (Å²) < 4.78 is 32.1. The Morgan fingerprint density at radius 1 is 1.21 bits per heavy atom. The highest BCUT2D eigenvalue weighted by Crippen LogP contribution is 2.29. The lowest BCUT2D eigenvalue weighted by molar-refractivity contribution is -0.384. The number of ether oxygens (including phenoxy) is 1. The molecule has 0 amide bonds. The minimum Gasteiger partial charge on any atom is -0.457 e. The number of nitrogens with one attached hydrogen (secondary N) is 1. The van der Waals surface area contributed by atoms with Crippen LogP contribution in [0.25, 0.3) is 0 Å². The van der Waals surface area contributed by atoms with Gasteiger partial charge in [-0.3, -0.25) is 14.9 Å². The fourth-order valence-electron chi connectivity index (χ4n) is 2.46. The summed E-state index contributed by atoms with van der Waals surface area (Å²) in [7, 11) is -0.908. The monoisotopic (exact) mass is 407 g/mol. The summed E-state index contributed by atoms with van der Waals surface area (Å²) in [6, 6.07) is 12.5. The average molecular weight is 407 g/mol. The van der Waals surface area contributed by atoms with E-state index in [0.29, 0.717) is 0 Å². The van der Waals surface area contributed by atoms with Crippen LogP contribution in [0.15, 0.2) is 53.4 Å². The van der Waals surface area contributed by atoms with Gasteiger partial charge in [0.05, 0.1) is 9.82 Å². The molecular formula is C18H21N3O6S. The van der Waals surface area contributed by atoms with Gasteiger partial charge in [-0.15, -0.1) is 0 Å². The molecule has 0 aliphatic heterocycles. The van der Waals surface area contributed by atoms with E-state index in [1.54, 1.807) is 45.3 Å². The first-order valence-corrected chi connectivity index (χ1v) is 9.80. The number of rotatable bonds is 8. The lowest BCUT2D eigenvalue weighted by Crippen LogP contribution is -2.31. The van der Waals surface area contributed by atoms with E-state index in [4.69, 9.17) is 4.74 Å². The standard InChI is InChI=1S/C18H21N3O6S/c1-13(14-7-5-4-6-8-14)27-18(22)12-19-28(25,26)15-9-10-16(20(2)3)17(11-15)21(23)24/h4-11,13,19H,12H2,1-3H3/t13-/m0/s1. The van der Waals surface area contributed by atoms with E-state index >= 15 is 0 Å². The minimum absolute atomic E-state index is 0.264. The molecule has 0 bridgehead atoms. The Morgan fingerprint density at radius 2 is 1.86 bits per heavy atom. The van der Waals surface area contributed by atoms with E-state index in [1.165, 1.54) is 17.0 Å². The first-order valence-electron chi connectivity index (χ1n) is 8.31. The molecule has 0 aliphatic carbocycles. The second kappa shape index (κ2) is 8.81. The summed E-state index contributed by atoms with van der Waals surface area (Å²) in [4.78, 5) is 23.7. The molecule has 1 atom stereocenters. The van der Waals surface area contributed by atoms with Crippen molar-refractivity contribution in [1.29, 1.82) is 0 Å². The average Bonchev–Trinajstić information content (AvgIpc) is 2.66. The molecule has 0 saturated carbocycles. The number of nitro groups is 1. The van der Waals surface area contributed by atoms with Crippen molar-refractivity contribution in [1.82, 2.24) is 4.72 Å². The third kappa shape index (κ3) is 5.27. The summed E-state index contributed by atoms with van der Waals surface area (Å²) >= 11 is 0. The Kier molecular flexibility index (Phi) is 6.71. The molecule has 0 aromatic heterocycles. The van der Waals surface area contributed by atoms with Gasteiger partial charge in [-0.2, -0.15) is 4.72 Å². The molecule has 0 spiro atoms. The van der Waals surface area contributed by atoms with Crippen molar-refractivity contribution in [3.05, 3.63) is 64.2 Å². The zero-order chi connectivity index (χ0) is 20.9. The number of esters is 1. The quantitative estimate of drug-likeness (QED) is 0.405. The molecule has 2 rings (SSSR count). The maximum atomic E-state index is 12.4. The summed E-state index contributed by atoms with van der Waals surface area (Å²) in [6.45, 7) is 1.08. The Balaban J connectivity index is 2.08. The molecule has 0 fully saturated rings. The SMILES string of the molecule is C[C@H](OC(=O)CNS(=O)(=O)c1ccc(N(C)C)c([N+](=O)[O-])c1)c1ccccc1. The normalized spacial score (nSPS) is 12.2. The van der Waals surface area contributed by atoms with E-state index in [1.807, 2.05) is 6.07 Å². The molecule has 2 aromatic carbocycles. The van der Waals surface area contributed by atoms with Crippen LogP contribution < -0.4 is 9.62 Å². The highest BCUT2D eigenvalue weighted by molar-refractivity contribution is 7.89. The Bertz CT molecular complexity index is 961. The summed E-state index contributed by atoms with van der Waals surface area (Å²) in [5.41, 5.74) is 0.682. The fraction of sp³-hybridized carbons (Fsp3) is 0.278. The van der Waals surface area contributed by atoms with Gasteiger partial charge in [0.1, 0.15) is 18.3 Å². The Morgan fingerprint density at radius 3 is 2.43 bits per heavy atom. The lowest BCUT2D eigenvalue weighted by Gasteiger charge is -2.15. The third-order valence-corrected chi connectivity index (χ3v) is 5.32. The topological polar surface area (TPSA) is 119 Å². The van der Waals surface area contributed by atoms with Gasteiger partial charge in [-0.1, -0.05) is 30.3 Å². The Hall–Kier alpha value is -2.98. The van der Waals surface area contributed by atoms with Gasteiger partial charge in [-0.05, 0) is 24.6 Å². The predicted molar refractivity (Wildman–Crippen MR) is 104 cm³/mol.